The summed E-state index contributed by atoms with van der Waals surface area (Å²) in [6, 6.07) is 8.59. The molecule has 0 saturated heterocycles. The monoisotopic (exact) mass is 314 g/mol. The highest BCUT2D eigenvalue weighted by Gasteiger charge is 2.36. The Morgan fingerprint density at radius 2 is 2.04 bits per heavy atom. The number of aromatic amines is 1. The standard InChI is InChI=1S/C18H19FN2O2/c1-11(2)18(22,16-9-20-10-21-16)13-5-6-14-12(8-13)4-7-15(23-3)17(14)19/h4-11,22H,1-3H3,(H,20,21)/t18-/m1/s1. The van der Waals surface area contributed by atoms with Crippen LogP contribution < -0.4 is 4.74 Å². The molecule has 0 radical (unpaired) electrons. The quantitative estimate of drug-likeness (QED) is 0.773. The van der Waals surface area contributed by atoms with Crippen molar-refractivity contribution in [3.63, 3.8) is 0 Å². The predicted molar refractivity (Wildman–Crippen MR) is 86.9 cm³/mol. The Labute approximate surface area is 133 Å². The number of imidazole rings is 1. The van der Waals surface area contributed by atoms with E-state index in [9.17, 15) is 9.50 Å². The summed E-state index contributed by atoms with van der Waals surface area (Å²) in [6.07, 6.45) is 3.15. The van der Waals surface area contributed by atoms with E-state index in [-0.39, 0.29) is 11.7 Å². The Hall–Kier alpha value is -2.40. The molecule has 1 aromatic heterocycles. The molecule has 0 bridgehead atoms. The second kappa shape index (κ2) is 5.66. The van der Waals surface area contributed by atoms with Crippen LogP contribution in [-0.2, 0) is 5.60 Å². The maximum absolute atomic E-state index is 14.3. The summed E-state index contributed by atoms with van der Waals surface area (Å²) in [5, 5.41) is 12.4. The van der Waals surface area contributed by atoms with Gasteiger partial charge in [-0.05, 0) is 29.0 Å². The number of rotatable bonds is 4. The molecule has 0 amide bonds. The van der Waals surface area contributed by atoms with Crippen molar-refractivity contribution in [2.75, 3.05) is 7.11 Å². The SMILES string of the molecule is COc1ccc2cc([C@@](O)(c3cnc[nH]3)C(C)C)ccc2c1F. The third-order valence-electron chi connectivity index (χ3n) is 4.32. The third-order valence-corrected chi connectivity index (χ3v) is 4.32. The van der Waals surface area contributed by atoms with Gasteiger partial charge in [0.15, 0.2) is 11.6 Å². The number of methoxy groups -OCH3 is 1. The highest BCUT2D eigenvalue weighted by Crippen LogP contribution is 2.37. The number of nitrogens with zero attached hydrogens (tertiary/aromatic N) is 1. The van der Waals surface area contributed by atoms with Gasteiger partial charge in [-0.3, -0.25) is 0 Å². The summed E-state index contributed by atoms with van der Waals surface area (Å²) in [4.78, 5) is 6.98. The molecule has 0 aliphatic heterocycles. The van der Waals surface area contributed by atoms with Crippen molar-refractivity contribution in [2.45, 2.75) is 19.4 Å². The fourth-order valence-corrected chi connectivity index (χ4v) is 2.93. The second-order valence-corrected chi connectivity index (χ2v) is 5.90. The molecular formula is C18H19FN2O2. The van der Waals surface area contributed by atoms with E-state index in [4.69, 9.17) is 4.74 Å². The van der Waals surface area contributed by atoms with E-state index in [1.54, 1.807) is 36.5 Å². The lowest BCUT2D eigenvalue weighted by molar-refractivity contribution is 0.0280. The molecule has 23 heavy (non-hydrogen) atoms. The molecule has 0 unspecified atom stereocenters. The summed E-state index contributed by atoms with van der Waals surface area (Å²) in [5.41, 5.74) is 0.0795. The van der Waals surface area contributed by atoms with Gasteiger partial charge < -0.3 is 14.8 Å². The molecule has 5 heteroatoms. The van der Waals surface area contributed by atoms with Gasteiger partial charge in [0, 0.05) is 5.39 Å². The van der Waals surface area contributed by atoms with Gasteiger partial charge >= 0.3 is 0 Å². The predicted octanol–water partition coefficient (Wildman–Crippen LogP) is 3.60. The van der Waals surface area contributed by atoms with Crippen molar-refractivity contribution in [2.24, 2.45) is 5.92 Å². The van der Waals surface area contributed by atoms with E-state index >= 15 is 0 Å². The van der Waals surface area contributed by atoms with Crippen LogP contribution in [0.2, 0.25) is 0 Å². The van der Waals surface area contributed by atoms with Gasteiger partial charge in [-0.25, -0.2) is 9.37 Å². The third kappa shape index (κ3) is 2.37. The summed E-state index contributed by atoms with van der Waals surface area (Å²) < 4.78 is 19.3. The number of hydrogen-bond acceptors (Lipinski definition) is 3. The number of nitrogens with one attached hydrogen (secondary N) is 1. The molecule has 120 valence electrons. The summed E-state index contributed by atoms with van der Waals surface area (Å²) in [5.74, 6) is -0.285. The van der Waals surface area contributed by atoms with Crippen LogP contribution in [0.1, 0.15) is 25.1 Å². The van der Waals surface area contributed by atoms with Gasteiger partial charge in [-0.2, -0.15) is 0 Å². The summed E-state index contributed by atoms with van der Waals surface area (Å²) in [7, 11) is 1.44. The maximum Gasteiger partial charge on any atom is 0.172 e. The van der Waals surface area contributed by atoms with Gasteiger partial charge in [0.05, 0.1) is 25.3 Å². The molecule has 2 aromatic carbocycles. The van der Waals surface area contributed by atoms with E-state index in [1.807, 2.05) is 13.8 Å². The smallest absolute Gasteiger partial charge is 0.172 e. The van der Waals surface area contributed by atoms with Gasteiger partial charge in [0.25, 0.3) is 0 Å². The Kier molecular flexibility index (Phi) is 3.82. The molecule has 3 aromatic rings. The molecule has 0 saturated carbocycles. The van der Waals surface area contributed by atoms with Crippen LogP contribution >= 0.6 is 0 Å². The maximum atomic E-state index is 14.3. The topological polar surface area (TPSA) is 58.1 Å². The first kappa shape index (κ1) is 15.5. The van der Waals surface area contributed by atoms with Crippen LogP contribution in [0, 0.1) is 11.7 Å². The first-order valence-corrected chi connectivity index (χ1v) is 7.46. The van der Waals surface area contributed by atoms with Crippen molar-refractivity contribution in [3.05, 3.63) is 59.9 Å². The molecule has 3 rings (SSSR count). The average Bonchev–Trinajstić information content (AvgIpc) is 3.09. The Bertz CT molecular complexity index is 830. The molecule has 0 aliphatic carbocycles. The minimum absolute atomic E-state index is 0.0940. The number of aliphatic hydroxyl groups is 1. The first-order valence-electron chi connectivity index (χ1n) is 7.46. The first-order chi connectivity index (χ1) is 11.0. The average molecular weight is 314 g/mol. The zero-order valence-corrected chi connectivity index (χ0v) is 13.3. The number of fused-ring (bicyclic) bond motifs is 1. The molecule has 1 atom stereocenters. The lowest BCUT2D eigenvalue weighted by Crippen LogP contribution is -2.33. The molecule has 2 N–H and O–H groups in total. The highest BCUT2D eigenvalue weighted by molar-refractivity contribution is 5.85. The van der Waals surface area contributed by atoms with E-state index < -0.39 is 11.4 Å². The molecule has 0 spiro atoms. The molecule has 4 nitrogen and oxygen atoms in total. The van der Waals surface area contributed by atoms with Crippen LogP contribution in [0.5, 0.6) is 5.75 Å². The molecule has 0 aliphatic rings. The highest BCUT2D eigenvalue weighted by atomic mass is 19.1. The fraction of sp³-hybridized carbons (Fsp3) is 0.278. The summed E-state index contributed by atoms with van der Waals surface area (Å²) in [6.45, 7) is 3.86. The van der Waals surface area contributed by atoms with Gasteiger partial charge in [0.2, 0.25) is 0 Å². The lowest BCUT2D eigenvalue weighted by atomic mass is 9.80. The van der Waals surface area contributed by atoms with Crippen LogP contribution in [0.4, 0.5) is 4.39 Å². The zero-order valence-electron chi connectivity index (χ0n) is 13.3. The Morgan fingerprint density at radius 1 is 1.26 bits per heavy atom. The minimum Gasteiger partial charge on any atom is -0.494 e. The lowest BCUT2D eigenvalue weighted by Gasteiger charge is -2.32. The van der Waals surface area contributed by atoms with Crippen molar-refractivity contribution in [3.8, 4) is 5.75 Å². The normalized spacial score (nSPS) is 14.2. The van der Waals surface area contributed by atoms with E-state index in [0.717, 1.165) is 0 Å². The van der Waals surface area contributed by atoms with Crippen molar-refractivity contribution in [1.82, 2.24) is 9.97 Å². The molecule has 0 fully saturated rings. The number of halogens is 1. The largest absolute Gasteiger partial charge is 0.494 e. The van der Waals surface area contributed by atoms with E-state index in [1.165, 1.54) is 13.4 Å². The Morgan fingerprint density at radius 3 is 2.65 bits per heavy atom. The van der Waals surface area contributed by atoms with Gasteiger partial charge in [0.1, 0.15) is 5.60 Å². The van der Waals surface area contributed by atoms with Crippen molar-refractivity contribution in [1.29, 1.82) is 0 Å². The molecule has 1 heterocycles. The number of hydrogen-bond donors (Lipinski definition) is 2. The fourth-order valence-electron chi connectivity index (χ4n) is 2.93. The number of aromatic nitrogens is 2. The van der Waals surface area contributed by atoms with Gasteiger partial charge in [-0.15, -0.1) is 0 Å². The van der Waals surface area contributed by atoms with Gasteiger partial charge in [-0.1, -0.05) is 32.0 Å². The minimum atomic E-state index is -1.22. The zero-order chi connectivity index (χ0) is 16.6. The second-order valence-electron chi connectivity index (χ2n) is 5.90. The van der Waals surface area contributed by atoms with E-state index in [2.05, 4.69) is 9.97 Å². The van der Waals surface area contributed by atoms with Crippen LogP contribution in [0.15, 0.2) is 42.9 Å². The summed E-state index contributed by atoms with van der Waals surface area (Å²) >= 11 is 0. The molecular weight excluding hydrogens is 295 g/mol. The van der Waals surface area contributed by atoms with Crippen molar-refractivity contribution >= 4 is 10.8 Å². The number of benzene rings is 2. The van der Waals surface area contributed by atoms with Crippen LogP contribution in [0.25, 0.3) is 10.8 Å². The van der Waals surface area contributed by atoms with Crippen LogP contribution in [-0.4, -0.2) is 22.2 Å². The van der Waals surface area contributed by atoms with E-state index in [0.29, 0.717) is 22.0 Å². The Balaban J connectivity index is 2.19. The number of ether oxygens (including phenoxy) is 1. The van der Waals surface area contributed by atoms with Crippen molar-refractivity contribution < 1.29 is 14.2 Å². The van der Waals surface area contributed by atoms with Crippen LogP contribution in [0.3, 0.4) is 0 Å². The number of H-pyrrole nitrogens is 1.